The predicted octanol–water partition coefficient (Wildman–Crippen LogP) is 2.91. The van der Waals surface area contributed by atoms with Crippen molar-refractivity contribution in [2.75, 3.05) is 13.1 Å². The summed E-state index contributed by atoms with van der Waals surface area (Å²) >= 11 is 0. The zero-order valence-corrected chi connectivity index (χ0v) is 9.06. The van der Waals surface area contributed by atoms with Gasteiger partial charge in [0.05, 0.1) is 0 Å². The molecule has 0 aromatic carbocycles. The fourth-order valence-corrected chi connectivity index (χ4v) is 1.73. The van der Waals surface area contributed by atoms with Crippen LogP contribution in [0.4, 0.5) is 0 Å². The van der Waals surface area contributed by atoms with Crippen molar-refractivity contribution in [3.63, 3.8) is 0 Å². The van der Waals surface area contributed by atoms with Gasteiger partial charge in [-0.05, 0) is 31.2 Å². The third-order valence-electron chi connectivity index (χ3n) is 2.25. The lowest BCUT2D eigenvalue weighted by molar-refractivity contribution is 0.183. The Morgan fingerprint density at radius 3 is 2.17 bits per heavy atom. The van der Waals surface area contributed by atoms with E-state index in [4.69, 9.17) is 0 Å². The summed E-state index contributed by atoms with van der Waals surface area (Å²) in [4.78, 5) is 2.67. The molecule has 1 aliphatic carbocycles. The van der Waals surface area contributed by atoms with E-state index in [1.807, 2.05) is 0 Å². The fourth-order valence-electron chi connectivity index (χ4n) is 1.73. The molecule has 0 heterocycles. The van der Waals surface area contributed by atoms with Crippen LogP contribution in [-0.4, -0.2) is 24.0 Å². The number of hydrogen-bond acceptors (Lipinski definition) is 1. The topological polar surface area (TPSA) is 3.24 Å². The number of rotatable bonds is 4. The van der Waals surface area contributed by atoms with E-state index in [0.717, 1.165) is 6.04 Å². The van der Waals surface area contributed by atoms with Crippen molar-refractivity contribution in [2.45, 2.75) is 53.0 Å². The molecule has 0 bridgehead atoms. The van der Waals surface area contributed by atoms with Crippen molar-refractivity contribution in [1.29, 1.82) is 0 Å². The Labute approximate surface area is 77.1 Å². The Balaban J connectivity index is 2.32. The molecule has 1 nitrogen and oxygen atoms in total. The van der Waals surface area contributed by atoms with Crippen molar-refractivity contribution in [1.82, 2.24) is 4.90 Å². The molecule has 1 heteroatoms. The van der Waals surface area contributed by atoms with Crippen LogP contribution in [0.25, 0.3) is 0 Å². The second-order valence-corrected chi connectivity index (χ2v) is 5.26. The molecule has 0 unspecified atom stereocenters. The van der Waals surface area contributed by atoms with Gasteiger partial charge in [0.25, 0.3) is 0 Å². The molecule has 1 aliphatic rings. The maximum absolute atomic E-state index is 2.67. The highest BCUT2D eigenvalue weighted by Crippen LogP contribution is 2.29. The highest BCUT2D eigenvalue weighted by atomic mass is 15.2. The van der Waals surface area contributed by atoms with E-state index in [-0.39, 0.29) is 0 Å². The summed E-state index contributed by atoms with van der Waals surface area (Å²) in [5, 5.41) is 0. The van der Waals surface area contributed by atoms with Crippen molar-refractivity contribution in [2.24, 2.45) is 5.41 Å². The highest BCUT2D eigenvalue weighted by Gasteiger charge is 2.30. The monoisotopic (exact) mass is 169 g/mol. The summed E-state index contributed by atoms with van der Waals surface area (Å²) in [5.74, 6) is 0. The third kappa shape index (κ3) is 3.57. The first-order chi connectivity index (χ1) is 5.53. The van der Waals surface area contributed by atoms with E-state index in [1.54, 1.807) is 0 Å². The van der Waals surface area contributed by atoms with E-state index in [0.29, 0.717) is 5.41 Å². The van der Waals surface area contributed by atoms with Gasteiger partial charge in [-0.25, -0.2) is 0 Å². The molecule has 0 N–H and O–H groups in total. The Hall–Kier alpha value is -0.0400. The standard InChI is InChI=1S/C11H23N/c1-5-8-12(10-6-7-10)9-11(2,3)4/h10H,5-9H2,1-4H3. The summed E-state index contributed by atoms with van der Waals surface area (Å²) in [6.07, 6.45) is 4.18. The summed E-state index contributed by atoms with van der Waals surface area (Å²) < 4.78 is 0. The van der Waals surface area contributed by atoms with Gasteiger partial charge in [-0.2, -0.15) is 0 Å². The highest BCUT2D eigenvalue weighted by molar-refractivity contribution is 4.86. The molecular formula is C11H23N. The zero-order chi connectivity index (χ0) is 9.19. The average Bonchev–Trinajstić information content (AvgIpc) is 2.63. The first kappa shape index (κ1) is 10.0. The molecule has 0 aliphatic heterocycles. The second-order valence-electron chi connectivity index (χ2n) is 5.26. The molecule has 1 rings (SSSR count). The normalized spacial score (nSPS) is 18.8. The number of hydrogen-bond donors (Lipinski definition) is 0. The second kappa shape index (κ2) is 3.78. The van der Waals surface area contributed by atoms with Crippen molar-refractivity contribution >= 4 is 0 Å². The van der Waals surface area contributed by atoms with Crippen molar-refractivity contribution < 1.29 is 0 Å². The van der Waals surface area contributed by atoms with Gasteiger partial charge in [0.2, 0.25) is 0 Å². The van der Waals surface area contributed by atoms with E-state index in [9.17, 15) is 0 Å². The van der Waals surface area contributed by atoms with Crippen LogP contribution in [0.3, 0.4) is 0 Å². The van der Waals surface area contributed by atoms with Crippen LogP contribution in [0.2, 0.25) is 0 Å². The molecular weight excluding hydrogens is 146 g/mol. The Morgan fingerprint density at radius 1 is 1.25 bits per heavy atom. The van der Waals surface area contributed by atoms with Crippen molar-refractivity contribution in [3.05, 3.63) is 0 Å². The first-order valence-corrected chi connectivity index (χ1v) is 5.27. The molecule has 0 aromatic heterocycles. The Morgan fingerprint density at radius 2 is 1.83 bits per heavy atom. The predicted molar refractivity (Wildman–Crippen MR) is 54.3 cm³/mol. The molecule has 72 valence electrons. The molecule has 0 saturated heterocycles. The van der Waals surface area contributed by atoms with Gasteiger partial charge >= 0.3 is 0 Å². The van der Waals surface area contributed by atoms with Gasteiger partial charge < -0.3 is 0 Å². The Bertz CT molecular complexity index is 130. The summed E-state index contributed by atoms with van der Waals surface area (Å²) in [6, 6.07) is 0.934. The lowest BCUT2D eigenvalue weighted by Crippen LogP contribution is -2.35. The van der Waals surface area contributed by atoms with Crippen LogP contribution >= 0.6 is 0 Å². The minimum absolute atomic E-state index is 0.470. The van der Waals surface area contributed by atoms with E-state index < -0.39 is 0 Å². The largest absolute Gasteiger partial charge is 0.300 e. The first-order valence-electron chi connectivity index (χ1n) is 5.27. The van der Waals surface area contributed by atoms with Crippen LogP contribution < -0.4 is 0 Å². The van der Waals surface area contributed by atoms with Gasteiger partial charge in [-0.3, -0.25) is 4.90 Å². The molecule has 0 aromatic rings. The quantitative estimate of drug-likeness (QED) is 0.625. The lowest BCUT2D eigenvalue weighted by Gasteiger charge is -2.29. The minimum Gasteiger partial charge on any atom is -0.300 e. The lowest BCUT2D eigenvalue weighted by atomic mass is 9.96. The summed E-state index contributed by atoms with van der Waals surface area (Å²) in [5.41, 5.74) is 0.470. The van der Waals surface area contributed by atoms with Crippen molar-refractivity contribution in [3.8, 4) is 0 Å². The maximum Gasteiger partial charge on any atom is 0.00966 e. The average molecular weight is 169 g/mol. The minimum atomic E-state index is 0.470. The molecule has 0 radical (unpaired) electrons. The van der Waals surface area contributed by atoms with E-state index in [2.05, 4.69) is 32.6 Å². The van der Waals surface area contributed by atoms with Crippen LogP contribution in [0.5, 0.6) is 0 Å². The molecule has 0 amide bonds. The van der Waals surface area contributed by atoms with Crippen LogP contribution in [0, 0.1) is 5.41 Å². The van der Waals surface area contributed by atoms with E-state index >= 15 is 0 Å². The van der Waals surface area contributed by atoms with Crippen LogP contribution in [0.15, 0.2) is 0 Å². The number of nitrogens with zero attached hydrogens (tertiary/aromatic N) is 1. The van der Waals surface area contributed by atoms with Gasteiger partial charge in [-0.15, -0.1) is 0 Å². The summed E-state index contributed by atoms with van der Waals surface area (Å²) in [6.45, 7) is 11.8. The smallest absolute Gasteiger partial charge is 0.00966 e. The fraction of sp³-hybridized carbons (Fsp3) is 1.00. The molecule has 12 heavy (non-hydrogen) atoms. The molecule has 1 fully saturated rings. The van der Waals surface area contributed by atoms with Gasteiger partial charge in [0, 0.05) is 12.6 Å². The maximum atomic E-state index is 2.67. The zero-order valence-electron chi connectivity index (χ0n) is 9.06. The van der Waals surface area contributed by atoms with Crippen LogP contribution in [-0.2, 0) is 0 Å². The summed E-state index contributed by atoms with van der Waals surface area (Å²) in [7, 11) is 0. The third-order valence-corrected chi connectivity index (χ3v) is 2.25. The van der Waals surface area contributed by atoms with Crippen LogP contribution in [0.1, 0.15) is 47.0 Å². The SMILES string of the molecule is CCCN(CC(C)(C)C)C1CC1. The van der Waals surface area contributed by atoms with Gasteiger partial charge in [0.1, 0.15) is 0 Å². The molecule has 0 spiro atoms. The molecule has 0 atom stereocenters. The molecule has 1 saturated carbocycles. The van der Waals surface area contributed by atoms with Gasteiger partial charge in [-0.1, -0.05) is 27.7 Å². The van der Waals surface area contributed by atoms with E-state index in [1.165, 1.54) is 32.4 Å². The van der Waals surface area contributed by atoms with Gasteiger partial charge in [0.15, 0.2) is 0 Å². The Kier molecular flexibility index (Phi) is 3.16.